The summed E-state index contributed by atoms with van der Waals surface area (Å²) in [7, 11) is 2.91. The molecule has 7 heteroatoms. The van der Waals surface area contributed by atoms with Crippen molar-refractivity contribution in [2.75, 3.05) is 38.1 Å². The minimum absolute atomic E-state index is 0.0324. The van der Waals surface area contributed by atoms with Crippen LogP contribution in [0.5, 0.6) is 0 Å². The Balaban J connectivity index is 2.63. The zero-order valence-corrected chi connectivity index (χ0v) is 11.5. The number of methoxy groups -OCH3 is 2. The number of carbonyl (C=O) groups is 2. The van der Waals surface area contributed by atoms with Gasteiger partial charge in [0.05, 0.1) is 6.61 Å². The van der Waals surface area contributed by atoms with E-state index >= 15 is 0 Å². The van der Waals surface area contributed by atoms with Crippen LogP contribution >= 0.6 is 0 Å². The van der Waals surface area contributed by atoms with Crippen LogP contribution in [-0.4, -0.2) is 45.3 Å². The van der Waals surface area contributed by atoms with Crippen molar-refractivity contribution in [3.05, 3.63) is 24.3 Å². The van der Waals surface area contributed by atoms with E-state index in [1.807, 2.05) is 0 Å². The Hall–Kier alpha value is -1.96. The number of carbonyl (C=O) groups excluding carboxylic acids is 2. The van der Waals surface area contributed by atoms with Gasteiger partial charge < -0.3 is 25.8 Å². The van der Waals surface area contributed by atoms with Gasteiger partial charge in [0, 0.05) is 25.6 Å². The van der Waals surface area contributed by atoms with Crippen molar-refractivity contribution in [3.8, 4) is 0 Å². The Morgan fingerprint density at radius 2 is 1.85 bits per heavy atom. The van der Waals surface area contributed by atoms with Crippen molar-refractivity contribution >= 4 is 23.2 Å². The van der Waals surface area contributed by atoms with E-state index in [1.165, 1.54) is 14.2 Å². The van der Waals surface area contributed by atoms with Gasteiger partial charge >= 0.3 is 0 Å². The summed E-state index contributed by atoms with van der Waals surface area (Å²) in [5.41, 5.74) is 6.71. The number of amides is 2. The number of hydrogen-bond donors (Lipinski definition) is 3. The van der Waals surface area contributed by atoms with Gasteiger partial charge in [0.2, 0.25) is 11.8 Å². The van der Waals surface area contributed by atoms with E-state index in [-0.39, 0.29) is 25.0 Å². The Morgan fingerprint density at radius 1 is 1.20 bits per heavy atom. The Morgan fingerprint density at radius 3 is 2.45 bits per heavy atom. The molecule has 0 aliphatic heterocycles. The topological polar surface area (TPSA) is 103 Å². The van der Waals surface area contributed by atoms with Crippen LogP contribution in [0, 0.1) is 0 Å². The highest BCUT2D eigenvalue weighted by molar-refractivity contribution is 5.96. The minimum Gasteiger partial charge on any atom is -0.383 e. The molecule has 0 aliphatic carbocycles. The summed E-state index contributed by atoms with van der Waals surface area (Å²) in [4.78, 5) is 23.1. The van der Waals surface area contributed by atoms with Crippen LogP contribution in [0.25, 0.3) is 0 Å². The van der Waals surface area contributed by atoms with E-state index in [0.717, 1.165) is 0 Å². The third kappa shape index (κ3) is 5.35. The van der Waals surface area contributed by atoms with Gasteiger partial charge in [-0.3, -0.25) is 9.59 Å². The molecule has 0 bridgehead atoms. The van der Waals surface area contributed by atoms with Gasteiger partial charge in [-0.05, 0) is 18.2 Å². The molecule has 1 aromatic rings. The zero-order chi connectivity index (χ0) is 15.0. The molecule has 7 nitrogen and oxygen atoms in total. The molecule has 0 spiro atoms. The first kappa shape index (κ1) is 16.1. The lowest BCUT2D eigenvalue weighted by atomic mass is 10.2. The maximum Gasteiger partial charge on any atom is 0.250 e. The van der Waals surface area contributed by atoms with Gasteiger partial charge in [-0.1, -0.05) is 6.07 Å². The molecule has 0 saturated heterocycles. The standard InChI is InChI=1S/C13H19N3O4/c1-19-7-11(14)13(18)16-10-5-3-4-9(6-10)15-12(17)8-20-2/h3-6,11H,7-8,14H2,1-2H3,(H,15,17)(H,16,18). The van der Waals surface area contributed by atoms with Crippen LogP contribution < -0.4 is 16.4 Å². The van der Waals surface area contributed by atoms with Crippen LogP contribution in [0.4, 0.5) is 11.4 Å². The molecule has 2 amide bonds. The summed E-state index contributed by atoms with van der Waals surface area (Å²) in [6.07, 6.45) is 0. The van der Waals surface area contributed by atoms with Crippen LogP contribution in [-0.2, 0) is 19.1 Å². The second kappa shape index (κ2) is 8.26. The molecule has 0 aliphatic rings. The molecule has 0 radical (unpaired) electrons. The molecule has 1 unspecified atom stereocenters. The summed E-state index contributed by atoms with van der Waals surface area (Å²) in [5, 5.41) is 5.29. The Bertz CT molecular complexity index is 465. The molecule has 1 rings (SSSR count). The molecule has 0 aromatic heterocycles. The van der Waals surface area contributed by atoms with Crippen molar-refractivity contribution in [2.45, 2.75) is 6.04 Å². The van der Waals surface area contributed by atoms with Crippen molar-refractivity contribution in [2.24, 2.45) is 5.73 Å². The highest BCUT2D eigenvalue weighted by atomic mass is 16.5. The highest BCUT2D eigenvalue weighted by Crippen LogP contribution is 2.15. The number of rotatable bonds is 7. The van der Waals surface area contributed by atoms with Gasteiger partial charge in [0.15, 0.2) is 0 Å². The molecule has 1 aromatic carbocycles. The summed E-state index contributed by atoms with van der Waals surface area (Å²) in [6.45, 7) is 0.103. The highest BCUT2D eigenvalue weighted by Gasteiger charge is 2.13. The molecular weight excluding hydrogens is 262 g/mol. The maximum atomic E-state index is 11.7. The average Bonchev–Trinajstić information content (AvgIpc) is 2.39. The molecule has 0 heterocycles. The smallest absolute Gasteiger partial charge is 0.250 e. The number of nitrogens with one attached hydrogen (secondary N) is 2. The fraction of sp³-hybridized carbons (Fsp3) is 0.385. The summed E-state index contributed by atoms with van der Waals surface area (Å²) < 4.78 is 9.53. The first-order chi connectivity index (χ1) is 9.56. The predicted octanol–water partition coefficient (Wildman–Crippen LogP) is 0.184. The molecule has 110 valence electrons. The molecular formula is C13H19N3O4. The zero-order valence-electron chi connectivity index (χ0n) is 11.5. The number of nitrogens with two attached hydrogens (primary N) is 1. The summed E-state index contributed by atoms with van der Waals surface area (Å²) in [6, 6.07) is 6.00. The van der Waals surface area contributed by atoms with E-state index in [2.05, 4.69) is 10.6 Å². The van der Waals surface area contributed by atoms with Crippen LogP contribution in [0.15, 0.2) is 24.3 Å². The lowest BCUT2D eigenvalue weighted by Crippen LogP contribution is -2.39. The van der Waals surface area contributed by atoms with Crippen molar-refractivity contribution in [1.29, 1.82) is 0 Å². The van der Waals surface area contributed by atoms with Gasteiger partial charge in [0.25, 0.3) is 0 Å². The number of ether oxygens (including phenoxy) is 2. The molecule has 0 saturated carbocycles. The molecule has 4 N–H and O–H groups in total. The SMILES string of the molecule is COCC(=O)Nc1cccc(NC(=O)C(N)COC)c1. The average molecular weight is 281 g/mol. The molecule has 1 atom stereocenters. The first-order valence-electron chi connectivity index (χ1n) is 6.01. The van der Waals surface area contributed by atoms with Crippen LogP contribution in [0.2, 0.25) is 0 Å². The number of hydrogen-bond acceptors (Lipinski definition) is 5. The van der Waals surface area contributed by atoms with Crippen LogP contribution in [0.3, 0.4) is 0 Å². The second-order valence-corrected chi connectivity index (χ2v) is 4.11. The van der Waals surface area contributed by atoms with Gasteiger partial charge in [-0.25, -0.2) is 0 Å². The van der Waals surface area contributed by atoms with E-state index in [1.54, 1.807) is 24.3 Å². The predicted molar refractivity (Wildman–Crippen MR) is 75.4 cm³/mol. The van der Waals surface area contributed by atoms with Gasteiger partial charge in [-0.15, -0.1) is 0 Å². The quantitative estimate of drug-likeness (QED) is 0.662. The summed E-state index contributed by atoms with van der Waals surface area (Å²) >= 11 is 0. The minimum atomic E-state index is -0.744. The lowest BCUT2D eigenvalue weighted by Gasteiger charge is -2.12. The largest absolute Gasteiger partial charge is 0.383 e. The summed E-state index contributed by atoms with van der Waals surface area (Å²) in [5.74, 6) is -0.626. The normalized spacial score (nSPS) is 11.8. The van der Waals surface area contributed by atoms with Gasteiger partial charge in [0.1, 0.15) is 12.6 Å². The third-order valence-corrected chi connectivity index (χ3v) is 2.37. The van der Waals surface area contributed by atoms with Crippen molar-refractivity contribution in [1.82, 2.24) is 0 Å². The monoisotopic (exact) mass is 281 g/mol. The van der Waals surface area contributed by atoms with E-state index in [0.29, 0.717) is 11.4 Å². The second-order valence-electron chi connectivity index (χ2n) is 4.11. The fourth-order valence-corrected chi connectivity index (χ4v) is 1.49. The first-order valence-corrected chi connectivity index (χ1v) is 6.01. The Labute approximate surface area is 117 Å². The third-order valence-electron chi connectivity index (χ3n) is 2.37. The van der Waals surface area contributed by atoms with Crippen LogP contribution in [0.1, 0.15) is 0 Å². The van der Waals surface area contributed by atoms with E-state index < -0.39 is 6.04 Å². The van der Waals surface area contributed by atoms with Crippen molar-refractivity contribution < 1.29 is 19.1 Å². The maximum absolute atomic E-state index is 11.7. The van der Waals surface area contributed by atoms with Gasteiger partial charge in [-0.2, -0.15) is 0 Å². The molecule has 0 fully saturated rings. The van der Waals surface area contributed by atoms with Crippen molar-refractivity contribution in [3.63, 3.8) is 0 Å². The Kier molecular flexibility index (Phi) is 6.65. The van der Waals surface area contributed by atoms with E-state index in [4.69, 9.17) is 15.2 Å². The number of benzene rings is 1. The lowest BCUT2D eigenvalue weighted by molar-refractivity contribution is -0.120. The molecule has 20 heavy (non-hydrogen) atoms. The fourth-order valence-electron chi connectivity index (χ4n) is 1.49. The number of anilines is 2. The van der Waals surface area contributed by atoms with E-state index in [9.17, 15) is 9.59 Å².